The summed E-state index contributed by atoms with van der Waals surface area (Å²) in [6, 6.07) is 0. The van der Waals surface area contributed by atoms with Gasteiger partial charge in [-0.05, 0) is 0 Å². The fourth-order valence-electron chi connectivity index (χ4n) is 0.681. The molecule has 0 amide bonds. The van der Waals surface area contributed by atoms with E-state index in [-0.39, 0.29) is 0 Å². The molecule has 1 aromatic heterocycles. The molecule has 0 unspecified atom stereocenters. The molecule has 0 aromatic carbocycles. The van der Waals surface area contributed by atoms with Gasteiger partial charge in [0.25, 0.3) is 0 Å². The molecule has 0 N–H and O–H groups in total. The predicted octanol–water partition coefficient (Wildman–Crippen LogP) is 1.78. The van der Waals surface area contributed by atoms with E-state index in [9.17, 15) is 13.2 Å². The van der Waals surface area contributed by atoms with Crippen molar-refractivity contribution < 1.29 is 13.2 Å². The van der Waals surface area contributed by atoms with Gasteiger partial charge in [-0.2, -0.15) is 25.8 Å². The van der Waals surface area contributed by atoms with Crippen LogP contribution in [0.15, 0.2) is 12.4 Å². The highest BCUT2D eigenvalue weighted by Crippen LogP contribution is 2.25. The van der Waals surface area contributed by atoms with Crippen LogP contribution in [0.3, 0.4) is 0 Å². The Bertz CT molecular complexity index is 361. The summed E-state index contributed by atoms with van der Waals surface area (Å²) in [6.07, 6.45) is -2.44. The van der Waals surface area contributed by atoms with Crippen LogP contribution >= 0.6 is 12.6 Å². The van der Waals surface area contributed by atoms with Gasteiger partial charge < -0.3 is 0 Å². The summed E-state index contributed by atoms with van der Waals surface area (Å²) in [4.78, 5) is 6.28. The average Bonchev–Trinajstić information content (AvgIpc) is 2.14. The molecule has 1 heterocycles. The van der Waals surface area contributed by atoms with Crippen molar-refractivity contribution in [3.63, 3.8) is 0 Å². The molecule has 0 saturated heterocycles. The first-order valence-electron chi connectivity index (χ1n) is 3.53. The van der Waals surface area contributed by atoms with Crippen LogP contribution in [0, 0.1) is 11.8 Å². The number of rotatable bonds is 0. The summed E-state index contributed by atoms with van der Waals surface area (Å²) < 4.78 is 36.0. The van der Waals surface area contributed by atoms with Gasteiger partial charge in [0.2, 0.25) is 5.82 Å². The van der Waals surface area contributed by atoms with E-state index in [2.05, 4.69) is 34.4 Å². The number of hydrogen-bond acceptors (Lipinski definition) is 3. The summed E-state index contributed by atoms with van der Waals surface area (Å²) in [7, 11) is 0. The lowest BCUT2D eigenvalue weighted by Gasteiger charge is -2.02. The van der Waals surface area contributed by atoms with Gasteiger partial charge in [-0.3, -0.25) is 0 Å². The van der Waals surface area contributed by atoms with Crippen LogP contribution < -0.4 is 0 Å². The van der Waals surface area contributed by atoms with Crippen LogP contribution in [0.5, 0.6) is 0 Å². The lowest BCUT2D eigenvalue weighted by molar-refractivity contribution is -0.145. The summed E-state index contributed by atoms with van der Waals surface area (Å²) in [5.41, 5.74) is 0.340. The van der Waals surface area contributed by atoms with E-state index in [1.54, 1.807) is 0 Å². The highest BCUT2D eigenvalue weighted by molar-refractivity contribution is 7.80. The molecule has 0 bridgehead atoms. The molecule has 2 nitrogen and oxygen atoms in total. The molecule has 14 heavy (non-hydrogen) atoms. The molecule has 0 spiro atoms. The van der Waals surface area contributed by atoms with Gasteiger partial charge in [0.05, 0.1) is 11.3 Å². The van der Waals surface area contributed by atoms with Crippen molar-refractivity contribution in [1.29, 1.82) is 0 Å². The summed E-state index contributed by atoms with van der Waals surface area (Å²) >= 11 is 3.82. The standard InChI is InChI=1S/C8H5F3N2S/c9-8(10,11)7-12-4-6(5-13-7)2-1-3-14/h4-5,14H,3H2. The van der Waals surface area contributed by atoms with Gasteiger partial charge in [-0.1, -0.05) is 11.8 Å². The molecular weight excluding hydrogens is 213 g/mol. The molecule has 74 valence electrons. The van der Waals surface area contributed by atoms with E-state index in [0.29, 0.717) is 11.3 Å². The zero-order chi connectivity index (χ0) is 10.6. The van der Waals surface area contributed by atoms with Crippen LogP contribution in [-0.2, 0) is 6.18 Å². The molecule has 0 atom stereocenters. The van der Waals surface area contributed by atoms with Gasteiger partial charge in [-0.15, -0.1) is 0 Å². The molecule has 1 rings (SSSR count). The van der Waals surface area contributed by atoms with Crippen LogP contribution in [0.1, 0.15) is 11.4 Å². The summed E-state index contributed by atoms with van der Waals surface area (Å²) in [5.74, 6) is 4.31. The minimum Gasteiger partial charge on any atom is -0.232 e. The Hall–Kier alpha value is -1.22. The van der Waals surface area contributed by atoms with Gasteiger partial charge in [0, 0.05) is 12.4 Å². The normalized spacial score (nSPS) is 10.6. The van der Waals surface area contributed by atoms with Crippen molar-refractivity contribution in [1.82, 2.24) is 9.97 Å². The Morgan fingerprint density at radius 3 is 2.29 bits per heavy atom. The average molecular weight is 218 g/mol. The molecule has 0 aliphatic heterocycles. The van der Waals surface area contributed by atoms with Gasteiger partial charge in [0.15, 0.2) is 0 Å². The first-order chi connectivity index (χ1) is 6.54. The lowest BCUT2D eigenvalue weighted by atomic mass is 10.3. The Balaban J connectivity index is 2.89. The van der Waals surface area contributed by atoms with E-state index in [0.717, 1.165) is 12.4 Å². The summed E-state index contributed by atoms with van der Waals surface area (Å²) in [6.45, 7) is 0. The van der Waals surface area contributed by atoms with Crippen LogP contribution in [0.25, 0.3) is 0 Å². The number of alkyl halides is 3. The van der Waals surface area contributed by atoms with Gasteiger partial charge in [0.1, 0.15) is 0 Å². The minimum absolute atomic E-state index is 0.334. The number of nitrogens with zero attached hydrogens (tertiary/aromatic N) is 2. The van der Waals surface area contributed by atoms with Crippen molar-refractivity contribution in [2.75, 3.05) is 5.75 Å². The van der Waals surface area contributed by atoms with Crippen molar-refractivity contribution in [2.24, 2.45) is 0 Å². The van der Waals surface area contributed by atoms with Gasteiger partial charge in [-0.25, -0.2) is 9.97 Å². The monoisotopic (exact) mass is 218 g/mol. The molecular formula is C8H5F3N2S. The smallest absolute Gasteiger partial charge is 0.232 e. The molecule has 0 aliphatic rings. The number of aromatic nitrogens is 2. The van der Waals surface area contributed by atoms with Crippen LogP contribution in [0.4, 0.5) is 13.2 Å². The molecule has 0 fully saturated rings. The third kappa shape index (κ3) is 2.92. The zero-order valence-electron chi connectivity index (χ0n) is 6.84. The van der Waals surface area contributed by atoms with Gasteiger partial charge >= 0.3 is 6.18 Å². The maximum absolute atomic E-state index is 12.0. The van der Waals surface area contributed by atoms with Crippen molar-refractivity contribution in [3.05, 3.63) is 23.8 Å². The van der Waals surface area contributed by atoms with E-state index in [1.807, 2.05) is 0 Å². The lowest BCUT2D eigenvalue weighted by Crippen LogP contribution is -2.10. The largest absolute Gasteiger partial charge is 0.451 e. The first-order valence-corrected chi connectivity index (χ1v) is 4.16. The predicted molar refractivity (Wildman–Crippen MR) is 47.8 cm³/mol. The maximum Gasteiger partial charge on any atom is 0.451 e. The number of halogens is 3. The van der Waals surface area contributed by atoms with Crippen molar-refractivity contribution in [2.45, 2.75) is 6.18 Å². The molecule has 0 saturated carbocycles. The summed E-state index contributed by atoms with van der Waals surface area (Å²) in [5, 5.41) is 0. The quantitative estimate of drug-likeness (QED) is 0.530. The fraction of sp³-hybridized carbons (Fsp3) is 0.250. The SMILES string of the molecule is FC(F)(F)c1ncc(C#CCS)cn1. The van der Waals surface area contributed by atoms with E-state index in [4.69, 9.17) is 0 Å². The fourth-order valence-corrected chi connectivity index (χ4v) is 0.760. The second kappa shape index (κ2) is 4.33. The Morgan fingerprint density at radius 1 is 1.29 bits per heavy atom. The third-order valence-electron chi connectivity index (χ3n) is 1.22. The zero-order valence-corrected chi connectivity index (χ0v) is 7.73. The highest BCUT2D eigenvalue weighted by atomic mass is 32.1. The van der Waals surface area contributed by atoms with Crippen molar-refractivity contribution in [3.8, 4) is 11.8 Å². The Kier molecular flexibility index (Phi) is 3.36. The molecule has 0 radical (unpaired) electrons. The number of thiol groups is 1. The molecule has 0 aliphatic carbocycles. The molecule has 6 heteroatoms. The van der Waals surface area contributed by atoms with Crippen LogP contribution in [-0.4, -0.2) is 15.7 Å². The van der Waals surface area contributed by atoms with E-state index >= 15 is 0 Å². The number of hydrogen-bond donors (Lipinski definition) is 1. The second-order valence-electron chi connectivity index (χ2n) is 2.25. The topological polar surface area (TPSA) is 25.8 Å². The Labute approximate surface area is 84.0 Å². The van der Waals surface area contributed by atoms with Crippen LogP contribution in [0.2, 0.25) is 0 Å². The minimum atomic E-state index is -4.50. The Morgan fingerprint density at radius 2 is 1.86 bits per heavy atom. The second-order valence-corrected chi connectivity index (χ2v) is 2.57. The van der Waals surface area contributed by atoms with Crippen molar-refractivity contribution >= 4 is 12.6 Å². The third-order valence-corrected chi connectivity index (χ3v) is 1.38. The van der Waals surface area contributed by atoms with E-state index < -0.39 is 12.0 Å². The first kappa shape index (κ1) is 10.9. The maximum atomic E-state index is 12.0. The highest BCUT2D eigenvalue weighted by Gasteiger charge is 2.34. The van der Waals surface area contributed by atoms with E-state index in [1.165, 1.54) is 0 Å². The molecule has 1 aromatic rings.